The van der Waals surface area contributed by atoms with Gasteiger partial charge in [0.05, 0.1) is 13.7 Å². The molecule has 0 atom stereocenters. The van der Waals surface area contributed by atoms with Crippen LogP contribution in [0.3, 0.4) is 0 Å². The number of ether oxygens (including phenoxy) is 1. The van der Waals surface area contributed by atoms with Gasteiger partial charge in [0.25, 0.3) is 5.91 Å². The minimum atomic E-state index is -0.527. The molecule has 3 rings (SSSR count). The Morgan fingerprint density at radius 2 is 1.26 bits per heavy atom. The van der Waals surface area contributed by atoms with Crippen molar-refractivity contribution in [2.45, 2.75) is 0 Å². The molecule has 0 unspecified atom stereocenters. The predicted octanol–water partition coefficient (Wildman–Crippen LogP) is 3.10. The molecule has 3 aromatic rings. The smallest absolute Gasteiger partial charge is 0.255 e. The standard InChI is InChI=1S/C23H22N4O4/c1-31-20-12-10-19(11-13-20)27-23(30)16-4-6-17(7-5-16)25-14-21(28)26-18-8-2-15(3-9-18)22(24)29/h2-13,25H,14H2,1H3,(H2,24,29)(H,26,28)(H,27,30). The number of carbonyl (C=O) groups excluding carboxylic acids is 3. The summed E-state index contributed by atoms with van der Waals surface area (Å²) in [5, 5.41) is 8.52. The summed E-state index contributed by atoms with van der Waals surface area (Å²) in [4.78, 5) is 35.5. The van der Waals surface area contributed by atoms with Crippen LogP contribution in [-0.4, -0.2) is 31.4 Å². The lowest BCUT2D eigenvalue weighted by molar-refractivity contribution is -0.114. The molecule has 31 heavy (non-hydrogen) atoms. The molecule has 0 spiro atoms. The molecule has 8 heteroatoms. The summed E-state index contributed by atoms with van der Waals surface area (Å²) < 4.78 is 5.09. The molecule has 0 aliphatic rings. The fourth-order valence-electron chi connectivity index (χ4n) is 2.72. The molecule has 3 amide bonds. The van der Waals surface area contributed by atoms with Gasteiger partial charge in [-0.1, -0.05) is 0 Å². The van der Waals surface area contributed by atoms with E-state index in [1.807, 2.05) is 0 Å². The first-order chi connectivity index (χ1) is 14.9. The second kappa shape index (κ2) is 9.93. The van der Waals surface area contributed by atoms with Gasteiger partial charge >= 0.3 is 0 Å². The first-order valence-corrected chi connectivity index (χ1v) is 9.43. The Balaban J connectivity index is 1.49. The van der Waals surface area contributed by atoms with Crippen molar-refractivity contribution in [3.63, 3.8) is 0 Å². The highest BCUT2D eigenvalue weighted by atomic mass is 16.5. The monoisotopic (exact) mass is 418 g/mol. The van der Waals surface area contributed by atoms with Gasteiger partial charge in [0, 0.05) is 28.2 Å². The van der Waals surface area contributed by atoms with E-state index in [4.69, 9.17) is 10.5 Å². The van der Waals surface area contributed by atoms with E-state index in [0.29, 0.717) is 33.9 Å². The first kappa shape index (κ1) is 21.4. The lowest BCUT2D eigenvalue weighted by Gasteiger charge is -2.09. The Bertz CT molecular complexity index is 1060. The van der Waals surface area contributed by atoms with Crippen molar-refractivity contribution in [1.29, 1.82) is 0 Å². The van der Waals surface area contributed by atoms with E-state index < -0.39 is 5.91 Å². The molecule has 0 saturated heterocycles. The highest BCUT2D eigenvalue weighted by Gasteiger charge is 2.08. The van der Waals surface area contributed by atoms with Crippen LogP contribution in [0.4, 0.5) is 17.1 Å². The average Bonchev–Trinajstić information content (AvgIpc) is 2.79. The number of amides is 3. The highest BCUT2D eigenvalue weighted by molar-refractivity contribution is 6.04. The molecule has 0 aliphatic heterocycles. The van der Waals surface area contributed by atoms with Crippen molar-refractivity contribution < 1.29 is 19.1 Å². The third-order valence-corrected chi connectivity index (χ3v) is 4.40. The number of nitrogens with two attached hydrogens (primary N) is 1. The molecule has 0 aromatic heterocycles. The molecule has 8 nitrogen and oxygen atoms in total. The van der Waals surface area contributed by atoms with E-state index in [9.17, 15) is 14.4 Å². The maximum atomic E-state index is 12.4. The SMILES string of the molecule is COc1ccc(NC(=O)c2ccc(NCC(=O)Nc3ccc(C(N)=O)cc3)cc2)cc1. The van der Waals surface area contributed by atoms with Crippen molar-refractivity contribution in [1.82, 2.24) is 0 Å². The summed E-state index contributed by atoms with van der Waals surface area (Å²) >= 11 is 0. The molecule has 0 bridgehead atoms. The number of benzene rings is 3. The van der Waals surface area contributed by atoms with Crippen molar-refractivity contribution in [3.8, 4) is 5.75 Å². The zero-order chi connectivity index (χ0) is 22.2. The van der Waals surface area contributed by atoms with Crippen LogP contribution in [-0.2, 0) is 4.79 Å². The first-order valence-electron chi connectivity index (χ1n) is 9.43. The molecule has 0 fully saturated rings. The third kappa shape index (κ3) is 6.07. The van der Waals surface area contributed by atoms with Crippen molar-refractivity contribution in [2.24, 2.45) is 5.73 Å². The maximum Gasteiger partial charge on any atom is 0.255 e. The molecule has 3 aromatic carbocycles. The lowest BCUT2D eigenvalue weighted by Crippen LogP contribution is -2.22. The van der Waals surface area contributed by atoms with Crippen molar-refractivity contribution >= 4 is 34.8 Å². The number of anilines is 3. The van der Waals surface area contributed by atoms with E-state index in [0.717, 1.165) is 0 Å². The topological polar surface area (TPSA) is 123 Å². The normalized spacial score (nSPS) is 10.1. The van der Waals surface area contributed by atoms with Gasteiger partial charge in [-0.2, -0.15) is 0 Å². The molecule has 0 heterocycles. The number of primary amides is 1. The minimum Gasteiger partial charge on any atom is -0.497 e. The van der Waals surface area contributed by atoms with Crippen molar-refractivity contribution in [2.75, 3.05) is 29.6 Å². The highest BCUT2D eigenvalue weighted by Crippen LogP contribution is 2.17. The molecule has 158 valence electrons. The third-order valence-electron chi connectivity index (χ3n) is 4.40. The fraction of sp³-hybridized carbons (Fsp3) is 0.0870. The molecular weight excluding hydrogens is 396 g/mol. The largest absolute Gasteiger partial charge is 0.497 e. The van der Waals surface area contributed by atoms with E-state index in [1.165, 1.54) is 0 Å². The number of hydrogen-bond acceptors (Lipinski definition) is 5. The summed E-state index contributed by atoms with van der Waals surface area (Å²) in [6, 6.07) is 20.1. The number of methoxy groups -OCH3 is 1. The summed E-state index contributed by atoms with van der Waals surface area (Å²) in [6.45, 7) is 0.0367. The quantitative estimate of drug-likeness (QED) is 0.448. The average molecular weight is 418 g/mol. The van der Waals surface area contributed by atoms with Gasteiger partial charge in [0.1, 0.15) is 5.75 Å². The molecule has 0 radical (unpaired) electrons. The lowest BCUT2D eigenvalue weighted by atomic mass is 10.2. The van der Waals surface area contributed by atoms with Gasteiger partial charge in [0.2, 0.25) is 11.8 Å². The van der Waals surface area contributed by atoms with Gasteiger partial charge in [-0.3, -0.25) is 14.4 Å². The van der Waals surface area contributed by atoms with Gasteiger partial charge < -0.3 is 26.4 Å². The van der Waals surface area contributed by atoms with Gasteiger partial charge in [-0.25, -0.2) is 0 Å². The Morgan fingerprint density at radius 3 is 1.84 bits per heavy atom. The van der Waals surface area contributed by atoms with Crippen LogP contribution in [0, 0.1) is 0 Å². The second-order valence-corrected chi connectivity index (χ2v) is 6.60. The number of nitrogens with one attached hydrogen (secondary N) is 3. The van der Waals surface area contributed by atoms with Crippen LogP contribution in [0.5, 0.6) is 5.75 Å². The van der Waals surface area contributed by atoms with E-state index in [-0.39, 0.29) is 18.4 Å². The summed E-state index contributed by atoms with van der Waals surface area (Å²) in [5.41, 5.74) is 7.96. The van der Waals surface area contributed by atoms with Crippen LogP contribution in [0.15, 0.2) is 72.8 Å². The fourth-order valence-corrected chi connectivity index (χ4v) is 2.72. The molecule has 0 aliphatic carbocycles. The predicted molar refractivity (Wildman–Crippen MR) is 119 cm³/mol. The Labute approximate surface area is 179 Å². The van der Waals surface area contributed by atoms with E-state index in [2.05, 4.69) is 16.0 Å². The summed E-state index contributed by atoms with van der Waals surface area (Å²) in [6.07, 6.45) is 0. The number of rotatable bonds is 8. The Kier molecular flexibility index (Phi) is 6.85. The zero-order valence-electron chi connectivity index (χ0n) is 16.8. The van der Waals surface area contributed by atoms with Gasteiger partial charge in [0.15, 0.2) is 0 Å². The van der Waals surface area contributed by atoms with Crippen LogP contribution >= 0.6 is 0 Å². The van der Waals surface area contributed by atoms with Crippen LogP contribution in [0.2, 0.25) is 0 Å². The van der Waals surface area contributed by atoms with Crippen molar-refractivity contribution in [3.05, 3.63) is 83.9 Å². The van der Waals surface area contributed by atoms with E-state index >= 15 is 0 Å². The Morgan fingerprint density at radius 1 is 0.742 bits per heavy atom. The van der Waals surface area contributed by atoms with Crippen LogP contribution < -0.4 is 26.4 Å². The Hall–Kier alpha value is -4.33. The molecular formula is C23H22N4O4. The minimum absolute atomic E-state index is 0.0367. The number of hydrogen-bond donors (Lipinski definition) is 4. The van der Waals surface area contributed by atoms with E-state index in [1.54, 1.807) is 79.9 Å². The number of carbonyl (C=O) groups is 3. The molecule has 0 saturated carbocycles. The second-order valence-electron chi connectivity index (χ2n) is 6.60. The van der Waals surface area contributed by atoms with Crippen LogP contribution in [0.1, 0.15) is 20.7 Å². The maximum absolute atomic E-state index is 12.4. The van der Waals surface area contributed by atoms with Gasteiger partial charge in [-0.05, 0) is 72.8 Å². The summed E-state index contributed by atoms with van der Waals surface area (Å²) in [5.74, 6) is -0.317. The van der Waals surface area contributed by atoms with Crippen LogP contribution in [0.25, 0.3) is 0 Å². The zero-order valence-corrected chi connectivity index (χ0v) is 16.8. The summed E-state index contributed by atoms with van der Waals surface area (Å²) in [7, 11) is 1.58. The van der Waals surface area contributed by atoms with Gasteiger partial charge in [-0.15, -0.1) is 0 Å². The molecule has 5 N–H and O–H groups in total.